The summed E-state index contributed by atoms with van der Waals surface area (Å²) in [5.41, 5.74) is 1.09. The van der Waals surface area contributed by atoms with Gasteiger partial charge in [-0.3, -0.25) is 4.79 Å². The molecule has 0 spiro atoms. The first-order valence-corrected chi connectivity index (χ1v) is 9.36. The van der Waals surface area contributed by atoms with Crippen molar-refractivity contribution in [2.45, 2.75) is 59.5 Å². The summed E-state index contributed by atoms with van der Waals surface area (Å²) in [6.45, 7) is 9.98. The monoisotopic (exact) mass is 350 g/mol. The molecule has 3 amide bonds. The molecule has 0 saturated heterocycles. The summed E-state index contributed by atoms with van der Waals surface area (Å²) < 4.78 is 2.03. The van der Waals surface area contributed by atoms with Gasteiger partial charge in [-0.05, 0) is 38.8 Å². The van der Waals surface area contributed by atoms with E-state index in [1.807, 2.05) is 55.6 Å². The van der Waals surface area contributed by atoms with Crippen LogP contribution in [0.25, 0.3) is 0 Å². The van der Waals surface area contributed by atoms with Gasteiger partial charge in [0.1, 0.15) is 6.54 Å². The second-order valence-electron chi connectivity index (χ2n) is 6.50. The van der Waals surface area contributed by atoms with Gasteiger partial charge < -0.3 is 19.7 Å². The van der Waals surface area contributed by atoms with Crippen LogP contribution in [0.3, 0.4) is 0 Å². The molecular formula is C19H34N4O2. The highest BCUT2D eigenvalue weighted by molar-refractivity contribution is 5.84. The third-order valence-electron chi connectivity index (χ3n) is 4.56. The van der Waals surface area contributed by atoms with Crippen molar-refractivity contribution >= 4 is 11.9 Å². The molecular weight excluding hydrogens is 316 g/mol. The van der Waals surface area contributed by atoms with Crippen molar-refractivity contribution in [3.8, 4) is 0 Å². The van der Waals surface area contributed by atoms with Crippen molar-refractivity contribution in [2.75, 3.05) is 19.6 Å². The molecule has 1 heterocycles. The number of aromatic nitrogens is 1. The quantitative estimate of drug-likeness (QED) is 0.705. The fraction of sp³-hybridized carbons (Fsp3) is 0.684. The van der Waals surface area contributed by atoms with E-state index in [0.717, 1.165) is 25.0 Å². The first-order valence-electron chi connectivity index (χ1n) is 9.36. The number of unbranched alkanes of at least 4 members (excludes halogenated alkanes) is 1. The Balaban J connectivity index is 2.86. The first-order chi connectivity index (χ1) is 11.9. The average Bonchev–Trinajstić information content (AvgIpc) is 3.00. The van der Waals surface area contributed by atoms with Crippen molar-refractivity contribution in [1.29, 1.82) is 0 Å². The number of nitrogens with one attached hydrogen (secondary N) is 1. The van der Waals surface area contributed by atoms with Crippen molar-refractivity contribution in [3.05, 3.63) is 24.0 Å². The summed E-state index contributed by atoms with van der Waals surface area (Å²) in [6.07, 6.45) is 4.79. The fourth-order valence-corrected chi connectivity index (χ4v) is 2.64. The molecule has 0 saturated carbocycles. The summed E-state index contributed by atoms with van der Waals surface area (Å²) in [6, 6.07) is 3.87. The fourth-order valence-electron chi connectivity index (χ4n) is 2.64. The number of carbonyl (C=O) groups is 2. The van der Waals surface area contributed by atoms with E-state index in [0.29, 0.717) is 19.6 Å². The molecule has 0 aliphatic carbocycles. The predicted molar refractivity (Wildman–Crippen MR) is 101 cm³/mol. The second kappa shape index (κ2) is 10.8. The number of amides is 3. The van der Waals surface area contributed by atoms with E-state index in [4.69, 9.17) is 0 Å². The van der Waals surface area contributed by atoms with Crippen LogP contribution < -0.4 is 5.32 Å². The zero-order valence-corrected chi connectivity index (χ0v) is 16.4. The van der Waals surface area contributed by atoms with Gasteiger partial charge in [0.15, 0.2) is 0 Å². The predicted octanol–water partition coefficient (Wildman–Crippen LogP) is 2.98. The Morgan fingerprint density at radius 2 is 2.00 bits per heavy atom. The number of carbonyl (C=O) groups excluding carboxylic acids is 2. The summed E-state index contributed by atoms with van der Waals surface area (Å²) in [5, 5.41) is 2.82. The van der Waals surface area contributed by atoms with Gasteiger partial charge in [-0.2, -0.15) is 0 Å². The van der Waals surface area contributed by atoms with Crippen LogP contribution in [0.15, 0.2) is 18.3 Å². The van der Waals surface area contributed by atoms with Crippen LogP contribution in [0.1, 0.15) is 52.7 Å². The van der Waals surface area contributed by atoms with Gasteiger partial charge in [-0.25, -0.2) is 4.79 Å². The largest absolute Gasteiger partial charge is 0.353 e. The highest BCUT2D eigenvalue weighted by Gasteiger charge is 2.24. The van der Waals surface area contributed by atoms with Crippen molar-refractivity contribution in [1.82, 2.24) is 19.7 Å². The highest BCUT2D eigenvalue weighted by atomic mass is 16.2. The molecule has 0 radical (unpaired) electrons. The molecule has 0 aliphatic heterocycles. The molecule has 1 unspecified atom stereocenters. The van der Waals surface area contributed by atoms with E-state index in [1.54, 1.807) is 4.90 Å². The van der Waals surface area contributed by atoms with E-state index in [1.165, 1.54) is 0 Å². The molecule has 142 valence electrons. The van der Waals surface area contributed by atoms with Gasteiger partial charge >= 0.3 is 6.03 Å². The lowest BCUT2D eigenvalue weighted by molar-refractivity contribution is -0.133. The molecule has 0 aliphatic rings. The minimum Gasteiger partial charge on any atom is -0.353 e. The van der Waals surface area contributed by atoms with Gasteiger partial charge in [-0.1, -0.05) is 20.3 Å². The van der Waals surface area contributed by atoms with Crippen LogP contribution in [-0.4, -0.2) is 52.0 Å². The average molecular weight is 351 g/mol. The molecule has 0 aromatic carbocycles. The standard InChI is InChI=1S/C19H34N4O2/c1-6-9-13-22(14-17-11-10-12-21(17)5)18(24)15-23(16(4)7-2)19(25)20-8-3/h10-12,16H,6-9,13-15H2,1-5H3,(H,20,25). The Hall–Kier alpha value is -1.98. The van der Waals surface area contributed by atoms with Crippen molar-refractivity contribution in [2.24, 2.45) is 7.05 Å². The van der Waals surface area contributed by atoms with Crippen LogP contribution in [0, 0.1) is 0 Å². The topological polar surface area (TPSA) is 57.6 Å². The summed E-state index contributed by atoms with van der Waals surface area (Å²) in [7, 11) is 1.98. The van der Waals surface area contributed by atoms with Crippen LogP contribution >= 0.6 is 0 Å². The number of urea groups is 1. The van der Waals surface area contributed by atoms with Crippen LogP contribution in [0.2, 0.25) is 0 Å². The molecule has 25 heavy (non-hydrogen) atoms. The Bertz CT molecular complexity index is 541. The molecule has 1 aromatic heterocycles. The first kappa shape index (κ1) is 21.1. The third kappa shape index (κ3) is 6.44. The third-order valence-corrected chi connectivity index (χ3v) is 4.56. The van der Waals surface area contributed by atoms with Crippen molar-refractivity contribution in [3.63, 3.8) is 0 Å². The zero-order chi connectivity index (χ0) is 18.8. The number of rotatable bonds is 10. The van der Waals surface area contributed by atoms with Gasteiger partial charge in [0.25, 0.3) is 0 Å². The Kier molecular flexibility index (Phi) is 9.10. The van der Waals surface area contributed by atoms with Gasteiger partial charge in [0, 0.05) is 38.1 Å². The van der Waals surface area contributed by atoms with Gasteiger partial charge in [0.2, 0.25) is 5.91 Å². The Morgan fingerprint density at radius 1 is 1.28 bits per heavy atom. The smallest absolute Gasteiger partial charge is 0.318 e. The lowest BCUT2D eigenvalue weighted by Gasteiger charge is -2.31. The van der Waals surface area contributed by atoms with Crippen LogP contribution in [-0.2, 0) is 18.4 Å². The summed E-state index contributed by atoms with van der Waals surface area (Å²) in [4.78, 5) is 28.8. The maximum absolute atomic E-state index is 12.9. The SMILES string of the molecule is CCCCN(Cc1cccn1C)C(=O)CN(C(=O)NCC)C(C)CC. The number of hydrogen-bond donors (Lipinski definition) is 1. The van der Waals surface area contributed by atoms with E-state index >= 15 is 0 Å². The second-order valence-corrected chi connectivity index (χ2v) is 6.50. The number of aryl methyl sites for hydroxylation is 1. The molecule has 0 bridgehead atoms. The van der Waals surface area contributed by atoms with Gasteiger partial charge in [-0.15, -0.1) is 0 Å². The lowest BCUT2D eigenvalue weighted by Crippen LogP contribution is -2.50. The zero-order valence-electron chi connectivity index (χ0n) is 16.4. The van der Waals surface area contributed by atoms with E-state index < -0.39 is 0 Å². The molecule has 1 atom stereocenters. The molecule has 6 nitrogen and oxygen atoms in total. The Labute approximate surface area is 152 Å². The lowest BCUT2D eigenvalue weighted by atomic mass is 10.2. The minimum atomic E-state index is -0.167. The maximum atomic E-state index is 12.9. The summed E-state index contributed by atoms with van der Waals surface area (Å²) in [5.74, 6) is 0.00111. The molecule has 1 N–H and O–H groups in total. The van der Waals surface area contributed by atoms with Crippen molar-refractivity contribution < 1.29 is 9.59 Å². The van der Waals surface area contributed by atoms with E-state index in [2.05, 4.69) is 12.2 Å². The molecule has 1 aromatic rings. The van der Waals surface area contributed by atoms with E-state index in [-0.39, 0.29) is 24.5 Å². The minimum absolute atomic E-state index is 0.00111. The van der Waals surface area contributed by atoms with Crippen LogP contribution in [0.4, 0.5) is 4.79 Å². The maximum Gasteiger partial charge on any atom is 0.318 e. The normalized spacial score (nSPS) is 11.9. The Morgan fingerprint density at radius 3 is 2.52 bits per heavy atom. The molecule has 1 rings (SSSR count). The molecule has 6 heteroatoms. The highest BCUT2D eigenvalue weighted by Crippen LogP contribution is 2.10. The molecule has 0 fully saturated rings. The number of hydrogen-bond acceptors (Lipinski definition) is 2. The summed E-state index contributed by atoms with van der Waals surface area (Å²) >= 11 is 0. The van der Waals surface area contributed by atoms with Gasteiger partial charge in [0.05, 0.1) is 6.54 Å². The van der Waals surface area contributed by atoms with E-state index in [9.17, 15) is 9.59 Å². The van der Waals surface area contributed by atoms with Crippen LogP contribution in [0.5, 0.6) is 0 Å². The number of nitrogens with zero attached hydrogens (tertiary/aromatic N) is 3.